The second-order valence-corrected chi connectivity index (χ2v) is 15.5. The predicted molar refractivity (Wildman–Crippen MR) is 233 cm³/mol. The highest BCUT2D eigenvalue weighted by atomic mass is 32.1. The van der Waals surface area contributed by atoms with Gasteiger partial charge in [0.15, 0.2) is 5.82 Å². The number of benzene rings is 8. The van der Waals surface area contributed by atoms with E-state index in [9.17, 15) is 0 Å². The summed E-state index contributed by atoms with van der Waals surface area (Å²) < 4.78 is 7.33. The van der Waals surface area contributed by atoms with Crippen LogP contribution in [0, 0.1) is 0 Å². The molecule has 0 unspecified atom stereocenters. The third-order valence-electron chi connectivity index (χ3n) is 11.7. The van der Waals surface area contributed by atoms with E-state index in [1.54, 1.807) is 0 Å². The maximum atomic E-state index is 5.56. The first-order chi connectivity index (χ1) is 27.3. The van der Waals surface area contributed by atoms with Crippen LogP contribution < -0.4 is 0 Å². The van der Waals surface area contributed by atoms with Crippen molar-refractivity contribution in [2.24, 2.45) is 0 Å². The molecule has 0 N–H and O–H groups in total. The van der Waals surface area contributed by atoms with Crippen molar-refractivity contribution >= 4 is 108 Å². The molecule has 13 rings (SSSR count). The smallest absolute Gasteiger partial charge is 0.165 e. The van der Waals surface area contributed by atoms with E-state index in [4.69, 9.17) is 9.97 Å². The summed E-state index contributed by atoms with van der Waals surface area (Å²) in [4.78, 5) is 11.1. The van der Waals surface area contributed by atoms with Crippen LogP contribution in [-0.4, -0.2) is 19.1 Å². The summed E-state index contributed by atoms with van der Waals surface area (Å²) in [6.45, 7) is 0. The van der Waals surface area contributed by atoms with E-state index in [-0.39, 0.29) is 0 Å². The maximum absolute atomic E-state index is 5.56. The average molecular weight is 717 g/mol. The molecular weight excluding hydrogens is 689 g/mol. The van der Waals surface area contributed by atoms with Gasteiger partial charge in [-0.15, -0.1) is 11.3 Å². The molecule has 0 amide bonds. The first-order valence-corrected chi connectivity index (χ1v) is 19.5. The highest BCUT2D eigenvalue weighted by Gasteiger charge is 2.27. The van der Waals surface area contributed by atoms with Gasteiger partial charge in [0.25, 0.3) is 0 Å². The van der Waals surface area contributed by atoms with Crippen LogP contribution in [-0.2, 0) is 0 Å². The Labute approximate surface area is 318 Å². The van der Waals surface area contributed by atoms with Crippen molar-refractivity contribution in [3.05, 3.63) is 170 Å². The molecule has 0 aliphatic rings. The van der Waals surface area contributed by atoms with Gasteiger partial charge in [-0.2, -0.15) is 0 Å². The van der Waals surface area contributed by atoms with Gasteiger partial charge < -0.3 is 4.57 Å². The van der Waals surface area contributed by atoms with Gasteiger partial charge in [-0.25, -0.2) is 9.97 Å². The summed E-state index contributed by atoms with van der Waals surface area (Å²) in [6, 6.07) is 61.5. The monoisotopic (exact) mass is 716 g/mol. The van der Waals surface area contributed by atoms with Gasteiger partial charge in [0.2, 0.25) is 0 Å². The van der Waals surface area contributed by atoms with Crippen LogP contribution in [0.1, 0.15) is 0 Å². The van der Waals surface area contributed by atoms with Crippen molar-refractivity contribution in [1.29, 1.82) is 0 Å². The number of hydrogen-bond donors (Lipinski definition) is 0. The Hall–Kier alpha value is -7.08. The van der Waals surface area contributed by atoms with Crippen LogP contribution in [0.4, 0.5) is 0 Å². The zero-order valence-corrected chi connectivity index (χ0v) is 30.2. The Morgan fingerprint density at radius 2 is 0.891 bits per heavy atom. The number of nitrogens with zero attached hydrogens (tertiary/aromatic N) is 4. The van der Waals surface area contributed by atoms with E-state index >= 15 is 0 Å². The van der Waals surface area contributed by atoms with Gasteiger partial charge >= 0.3 is 0 Å². The molecule has 0 fully saturated rings. The van der Waals surface area contributed by atoms with Crippen molar-refractivity contribution in [3.8, 4) is 22.8 Å². The molecule has 0 bridgehead atoms. The topological polar surface area (TPSA) is 35.6 Å². The van der Waals surface area contributed by atoms with Gasteiger partial charge in [0, 0.05) is 53.0 Å². The number of fused-ring (bicyclic) bond motifs is 7. The van der Waals surface area contributed by atoms with E-state index < -0.39 is 0 Å². The Morgan fingerprint density at radius 1 is 0.364 bits per heavy atom. The average Bonchev–Trinajstić information content (AvgIpc) is 3.91. The van der Waals surface area contributed by atoms with Crippen LogP contribution in [0.25, 0.3) is 119 Å². The molecule has 5 heteroatoms. The molecule has 0 aliphatic heterocycles. The molecule has 0 saturated heterocycles. The lowest BCUT2D eigenvalue weighted by Gasteiger charge is -2.14. The third-order valence-corrected chi connectivity index (χ3v) is 12.9. The Balaban J connectivity index is 1.27. The minimum atomic E-state index is 0.833. The third kappa shape index (κ3) is 3.84. The molecule has 9 aromatic carbocycles. The Kier molecular flexibility index (Phi) is 5.74. The summed E-state index contributed by atoms with van der Waals surface area (Å²) in [5.41, 5.74) is 9.49. The quantitative estimate of drug-likeness (QED) is 0.182. The number of rotatable bonds is 3. The number of aromatic nitrogens is 4. The molecule has 4 aromatic heterocycles. The summed E-state index contributed by atoms with van der Waals surface area (Å²) in [7, 11) is 0. The van der Waals surface area contributed by atoms with Crippen molar-refractivity contribution in [3.63, 3.8) is 0 Å². The van der Waals surface area contributed by atoms with Gasteiger partial charge in [-0.05, 0) is 76.1 Å². The normalized spacial score (nSPS) is 12.4. The standard InChI is InChI=1S/C50H28N4S/c1-2-13-29(14-3-1)53-39-24-11-18-33-30-15-4-5-16-31(30)34-19-12-25-40-45(34)47-42(28-27-41(53)46(47)44(33)39)54(40)50-48(51-37-22-7-8-23-38(37)52-50)36-21-10-20-35-32-17-6-9-26-43(32)55-49(35)36/h1-28H. The summed E-state index contributed by atoms with van der Waals surface area (Å²) in [6.07, 6.45) is 0. The van der Waals surface area contributed by atoms with Crippen molar-refractivity contribution in [2.45, 2.75) is 0 Å². The van der Waals surface area contributed by atoms with E-state index in [0.29, 0.717) is 0 Å². The highest BCUT2D eigenvalue weighted by molar-refractivity contribution is 7.26. The first-order valence-electron chi connectivity index (χ1n) is 18.7. The van der Waals surface area contributed by atoms with E-state index in [1.165, 1.54) is 74.3 Å². The van der Waals surface area contributed by atoms with E-state index in [1.807, 2.05) is 11.3 Å². The summed E-state index contributed by atoms with van der Waals surface area (Å²) >= 11 is 1.83. The first kappa shape index (κ1) is 29.4. The van der Waals surface area contributed by atoms with Crippen molar-refractivity contribution < 1.29 is 0 Å². The Morgan fingerprint density at radius 3 is 1.62 bits per heavy atom. The second-order valence-electron chi connectivity index (χ2n) is 14.5. The van der Waals surface area contributed by atoms with Crippen molar-refractivity contribution in [1.82, 2.24) is 19.1 Å². The lowest BCUT2D eigenvalue weighted by molar-refractivity contribution is 1.08. The molecule has 4 heterocycles. The van der Waals surface area contributed by atoms with E-state index in [0.717, 1.165) is 44.8 Å². The minimum absolute atomic E-state index is 0.833. The zero-order chi connectivity index (χ0) is 35.8. The summed E-state index contributed by atoms with van der Waals surface area (Å²) in [5.74, 6) is 0.833. The second kappa shape index (κ2) is 10.8. The lowest BCUT2D eigenvalue weighted by Crippen LogP contribution is -2.03. The molecule has 0 spiro atoms. The molecule has 254 valence electrons. The molecule has 0 saturated carbocycles. The minimum Gasteiger partial charge on any atom is -0.309 e. The fraction of sp³-hybridized carbons (Fsp3) is 0. The molecule has 0 radical (unpaired) electrons. The molecule has 55 heavy (non-hydrogen) atoms. The van der Waals surface area contributed by atoms with Crippen LogP contribution in [0.15, 0.2) is 170 Å². The molecule has 13 aromatic rings. The number of hydrogen-bond acceptors (Lipinski definition) is 3. The molecule has 4 nitrogen and oxygen atoms in total. The highest BCUT2D eigenvalue weighted by Crippen LogP contribution is 2.49. The molecule has 0 aliphatic carbocycles. The van der Waals surface area contributed by atoms with Crippen LogP contribution in [0.5, 0.6) is 0 Å². The Bertz CT molecular complexity index is 3720. The predicted octanol–water partition coefficient (Wildman–Crippen LogP) is 13.6. The molecule has 0 atom stereocenters. The van der Waals surface area contributed by atoms with Crippen LogP contribution in [0.3, 0.4) is 0 Å². The van der Waals surface area contributed by atoms with E-state index in [2.05, 4.69) is 179 Å². The lowest BCUT2D eigenvalue weighted by atomic mass is 9.95. The number of para-hydroxylation sites is 3. The maximum Gasteiger partial charge on any atom is 0.165 e. The number of thiophene rings is 1. The van der Waals surface area contributed by atoms with Crippen molar-refractivity contribution in [2.75, 3.05) is 0 Å². The molecular formula is C50H28N4S. The van der Waals surface area contributed by atoms with Gasteiger partial charge in [0.1, 0.15) is 5.69 Å². The zero-order valence-electron chi connectivity index (χ0n) is 29.4. The van der Waals surface area contributed by atoms with Gasteiger partial charge in [0.05, 0.1) is 33.1 Å². The van der Waals surface area contributed by atoms with Gasteiger partial charge in [-0.3, -0.25) is 4.57 Å². The fourth-order valence-corrected chi connectivity index (χ4v) is 10.7. The van der Waals surface area contributed by atoms with Crippen LogP contribution >= 0.6 is 11.3 Å². The van der Waals surface area contributed by atoms with Gasteiger partial charge in [-0.1, -0.05) is 115 Å². The SMILES string of the molecule is c1ccc(-n2c3cccc4c5ccccc5c5cccc6c5c5c(c43)c2ccc5n6-c2nc3ccccc3nc2-c2cccc3c2sc2ccccc23)cc1. The largest absolute Gasteiger partial charge is 0.309 e. The fourth-order valence-electron chi connectivity index (χ4n) is 9.44. The van der Waals surface area contributed by atoms with Crippen LogP contribution in [0.2, 0.25) is 0 Å². The summed E-state index contributed by atoms with van der Waals surface area (Å²) in [5, 5.41) is 12.5.